The Bertz CT molecular complexity index is 1290. The van der Waals surface area contributed by atoms with Crippen LogP contribution in [0.25, 0.3) is 10.8 Å². The van der Waals surface area contributed by atoms with Crippen molar-refractivity contribution in [3.8, 4) is 0 Å². The highest BCUT2D eigenvalue weighted by Crippen LogP contribution is 2.37. The van der Waals surface area contributed by atoms with E-state index in [0.29, 0.717) is 72.0 Å². The van der Waals surface area contributed by atoms with Crippen LogP contribution >= 0.6 is 0 Å². The largest absolute Gasteiger partial charge is 0.356 e. The lowest BCUT2D eigenvalue weighted by atomic mass is 9.86. The summed E-state index contributed by atoms with van der Waals surface area (Å²) in [6, 6.07) is 6.37. The van der Waals surface area contributed by atoms with Gasteiger partial charge in [0, 0.05) is 73.1 Å². The first-order valence-electron chi connectivity index (χ1n) is 15.2. The number of nitrogens with one attached hydrogen (secondary N) is 2. The highest BCUT2D eigenvalue weighted by molar-refractivity contribution is 6.33. The molecule has 0 aromatic heterocycles. The van der Waals surface area contributed by atoms with Gasteiger partial charge in [0.1, 0.15) is 0 Å². The predicted molar refractivity (Wildman–Crippen MR) is 166 cm³/mol. The van der Waals surface area contributed by atoms with Crippen molar-refractivity contribution in [2.24, 2.45) is 0 Å². The lowest BCUT2D eigenvalue weighted by Gasteiger charge is -2.32. The third kappa shape index (κ3) is 7.31. The summed E-state index contributed by atoms with van der Waals surface area (Å²) in [5, 5.41) is 6.29. The molecular formula is C32H42N6O6. The van der Waals surface area contributed by atoms with Gasteiger partial charge in [-0.1, -0.05) is 0 Å². The van der Waals surface area contributed by atoms with Gasteiger partial charge in [0.25, 0.3) is 23.6 Å². The standard InChI is InChI=1S/C32H42N6O6/c1-21(39)33-13-5-15-35(3)17-7-19-37-29(41)23-9-11-25-28-26(12-10-24(27(23)28)30(37)42)32(44)38(31(25)43)20-8-18-36(4)16-6-14-34-22(2)40/h9-12H,5-8,13-20H2,1-4H3,(H,33,39)(H,34,40). The highest BCUT2D eigenvalue weighted by atomic mass is 16.2. The molecule has 0 saturated heterocycles. The first kappa shape index (κ1) is 32.7. The van der Waals surface area contributed by atoms with Crippen LogP contribution in [0.15, 0.2) is 24.3 Å². The molecule has 12 nitrogen and oxygen atoms in total. The lowest BCUT2D eigenvalue weighted by Crippen LogP contribution is -2.44. The summed E-state index contributed by atoms with van der Waals surface area (Å²) in [4.78, 5) is 82.7. The van der Waals surface area contributed by atoms with E-state index in [-0.39, 0.29) is 24.9 Å². The molecule has 44 heavy (non-hydrogen) atoms. The average molecular weight is 607 g/mol. The maximum Gasteiger partial charge on any atom is 0.261 e. The Kier molecular flexibility index (Phi) is 10.8. The van der Waals surface area contributed by atoms with Crippen LogP contribution in [0.2, 0.25) is 0 Å². The Morgan fingerprint density at radius 3 is 1.16 bits per heavy atom. The summed E-state index contributed by atoms with van der Waals surface area (Å²) >= 11 is 0. The van der Waals surface area contributed by atoms with E-state index in [9.17, 15) is 28.8 Å². The Balaban J connectivity index is 1.40. The molecule has 4 rings (SSSR count). The molecule has 0 aliphatic carbocycles. The smallest absolute Gasteiger partial charge is 0.261 e. The number of benzene rings is 2. The van der Waals surface area contributed by atoms with Crippen LogP contribution in [-0.2, 0) is 9.59 Å². The van der Waals surface area contributed by atoms with Gasteiger partial charge < -0.3 is 20.4 Å². The van der Waals surface area contributed by atoms with Crippen LogP contribution < -0.4 is 10.6 Å². The first-order valence-corrected chi connectivity index (χ1v) is 15.2. The van der Waals surface area contributed by atoms with Crippen LogP contribution in [0.5, 0.6) is 0 Å². The van der Waals surface area contributed by atoms with Crippen molar-refractivity contribution in [3.63, 3.8) is 0 Å². The number of amides is 6. The molecule has 0 bridgehead atoms. The maximum atomic E-state index is 13.5. The molecule has 0 fully saturated rings. The minimum atomic E-state index is -0.427. The molecule has 0 saturated carbocycles. The fourth-order valence-electron chi connectivity index (χ4n) is 5.83. The van der Waals surface area contributed by atoms with Gasteiger partial charge in [0.05, 0.1) is 0 Å². The van der Waals surface area contributed by atoms with Crippen molar-refractivity contribution in [1.29, 1.82) is 0 Å². The Hall–Kier alpha value is -4.16. The number of carbonyl (C=O) groups is 6. The zero-order chi connectivity index (χ0) is 32.0. The maximum absolute atomic E-state index is 13.5. The molecule has 12 heteroatoms. The van der Waals surface area contributed by atoms with Crippen molar-refractivity contribution in [1.82, 2.24) is 30.2 Å². The number of imide groups is 2. The molecule has 2 heterocycles. The van der Waals surface area contributed by atoms with Crippen molar-refractivity contribution in [3.05, 3.63) is 46.5 Å². The van der Waals surface area contributed by atoms with E-state index in [0.717, 1.165) is 25.9 Å². The van der Waals surface area contributed by atoms with Gasteiger partial charge in [-0.25, -0.2) is 0 Å². The molecule has 0 unspecified atom stereocenters. The number of rotatable bonds is 16. The minimum Gasteiger partial charge on any atom is -0.356 e. The van der Waals surface area contributed by atoms with Gasteiger partial charge >= 0.3 is 0 Å². The molecule has 2 aliphatic heterocycles. The molecule has 2 aromatic rings. The summed E-state index contributed by atoms with van der Waals surface area (Å²) < 4.78 is 0. The Labute approximate surface area is 257 Å². The molecule has 6 amide bonds. The fourth-order valence-corrected chi connectivity index (χ4v) is 5.83. The quantitative estimate of drug-likeness (QED) is 0.218. The summed E-state index contributed by atoms with van der Waals surface area (Å²) in [5.41, 5.74) is 1.27. The van der Waals surface area contributed by atoms with Crippen LogP contribution in [0, 0.1) is 0 Å². The van der Waals surface area contributed by atoms with Crippen molar-refractivity contribution >= 4 is 46.2 Å². The predicted octanol–water partition coefficient (Wildman–Crippen LogP) is 1.73. The number of carbonyl (C=O) groups excluding carboxylic acids is 6. The van der Waals surface area contributed by atoms with Crippen LogP contribution in [0.3, 0.4) is 0 Å². The summed E-state index contributed by atoms with van der Waals surface area (Å²) in [7, 11) is 3.91. The van der Waals surface area contributed by atoms with E-state index in [1.807, 2.05) is 14.1 Å². The lowest BCUT2D eigenvalue weighted by molar-refractivity contribution is -0.119. The summed E-state index contributed by atoms with van der Waals surface area (Å²) in [6.07, 6.45) is 2.76. The van der Waals surface area contributed by atoms with E-state index in [2.05, 4.69) is 20.4 Å². The van der Waals surface area contributed by atoms with E-state index < -0.39 is 23.6 Å². The van der Waals surface area contributed by atoms with Gasteiger partial charge in [-0.15, -0.1) is 0 Å². The van der Waals surface area contributed by atoms with Crippen LogP contribution in [0.1, 0.15) is 81.0 Å². The second-order valence-electron chi connectivity index (χ2n) is 11.6. The molecule has 2 N–H and O–H groups in total. The zero-order valence-electron chi connectivity index (χ0n) is 26.0. The average Bonchev–Trinajstić information content (AvgIpc) is 2.98. The van der Waals surface area contributed by atoms with Gasteiger partial charge in [-0.3, -0.25) is 38.6 Å². The zero-order valence-corrected chi connectivity index (χ0v) is 26.0. The second-order valence-corrected chi connectivity index (χ2v) is 11.6. The third-order valence-corrected chi connectivity index (χ3v) is 8.09. The van der Waals surface area contributed by atoms with Crippen molar-refractivity contribution in [2.45, 2.75) is 39.5 Å². The Morgan fingerprint density at radius 2 is 0.864 bits per heavy atom. The second kappa shape index (κ2) is 14.5. The topological polar surface area (TPSA) is 139 Å². The van der Waals surface area contributed by atoms with E-state index in [4.69, 9.17) is 0 Å². The van der Waals surface area contributed by atoms with E-state index >= 15 is 0 Å². The van der Waals surface area contributed by atoms with Crippen LogP contribution in [-0.4, -0.2) is 121 Å². The molecular weight excluding hydrogens is 564 g/mol. The number of nitrogens with zero attached hydrogens (tertiary/aromatic N) is 4. The number of hydrogen-bond donors (Lipinski definition) is 2. The first-order chi connectivity index (χ1) is 21.0. The molecule has 0 spiro atoms. The molecule has 0 atom stereocenters. The number of hydrogen-bond acceptors (Lipinski definition) is 8. The summed E-state index contributed by atoms with van der Waals surface area (Å²) in [5.74, 6) is -1.83. The van der Waals surface area contributed by atoms with Gasteiger partial charge in [0.15, 0.2) is 0 Å². The minimum absolute atomic E-state index is 0.0618. The normalized spacial score (nSPS) is 14.3. The highest BCUT2D eigenvalue weighted by Gasteiger charge is 2.39. The Morgan fingerprint density at radius 1 is 0.568 bits per heavy atom. The van der Waals surface area contributed by atoms with Crippen molar-refractivity contribution in [2.75, 3.05) is 66.5 Å². The van der Waals surface area contributed by atoms with Gasteiger partial charge in [-0.2, -0.15) is 0 Å². The molecule has 2 aromatic carbocycles. The SMILES string of the molecule is CC(=O)NCCCN(C)CCCN1C(=O)c2ccc3c4c(ccc(c24)C1=O)C(=O)N(CCCN(C)CCCNC(C)=O)C3=O. The van der Waals surface area contributed by atoms with Crippen molar-refractivity contribution < 1.29 is 28.8 Å². The summed E-state index contributed by atoms with van der Waals surface area (Å²) in [6.45, 7) is 7.51. The monoisotopic (exact) mass is 606 g/mol. The molecule has 0 radical (unpaired) electrons. The van der Waals surface area contributed by atoms with Gasteiger partial charge in [0.2, 0.25) is 11.8 Å². The molecule has 236 valence electrons. The van der Waals surface area contributed by atoms with E-state index in [1.54, 1.807) is 24.3 Å². The van der Waals surface area contributed by atoms with Crippen LogP contribution in [0.4, 0.5) is 0 Å². The van der Waals surface area contributed by atoms with Gasteiger partial charge in [-0.05, 0) is 90.2 Å². The van der Waals surface area contributed by atoms with E-state index in [1.165, 1.54) is 23.6 Å². The third-order valence-electron chi connectivity index (χ3n) is 8.09. The fraction of sp³-hybridized carbons (Fsp3) is 0.500. The molecule has 2 aliphatic rings.